The molecule has 7 nitrogen and oxygen atoms in total. The van der Waals surface area contributed by atoms with Gasteiger partial charge in [-0.1, -0.05) is 30.3 Å². The first-order chi connectivity index (χ1) is 10.4. The van der Waals surface area contributed by atoms with E-state index in [-0.39, 0.29) is 6.61 Å². The average Bonchev–Trinajstić information content (AvgIpc) is 2.49. The minimum absolute atomic E-state index is 0.306. The number of hydrogen-bond donors (Lipinski definition) is 0. The highest BCUT2D eigenvalue weighted by molar-refractivity contribution is 5.67. The van der Waals surface area contributed by atoms with Gasteiger partial charge in [-0.3, -0.25) is 9.59 Å². The van der Waals surface area contributed by atoms with Crippen molar-refractivity contribution < 1.29 is 33.3 Å². The van der Waals surface area contributed by atoms with Crippen LogP contribution in [0.2, 0.25) is 0 Å². The number of ether oxygens (including phenoxy) is 4. The van der Waals surface area contributed by atoms with Crippen LogP contribution in [0.3, 0.4) is 0 Å². The van der Waals surface area contributed by atoms with Gasteiger partial charge in [0, 0.05) is 13.8 Å². The second-order valence-corrected chi connectivity index (χ2v) is 4.35. The highest BCUT2D eigenvalue weighted by atomic mass is 16.7. The van der Waals surface area contributed by atoms with Crippen LogP contribution in [0.4, 0.5) is 4.79 Å². The Kier molecular flexibility index (Phi) is 6.88. The van der Waals surface area contributed by atoms with E-state index in [1.54, 1.807) is 30.3 Å². The lowest BCUT2D eigenvalue weighted by Gasteiger charge is -2.26. The molecule has 1 aromatic rings. The van der Waals surface area contributed by atoms with Crippen LogP contribution >= 0.6 is 0 Å². The first-order valence-corrected chi connectivity index (χ1v) is 6.54. The maximum Gasteiger partial charge on any atom is 0.508 e. The van der Waals surface area contributed by atoms with Gasteiger partial charge < -0.3 is 18.9 Å². The molecule has 0 heterocycles. The highest BCUT2D eigenvalue weighted by Gasteiger charge is 2.30. The molecule has 0 aliphatic carbocycles. The van der Waals surface area contributed by atoms with Crippen LogP contribution < -0.4 is 0 Å². The van der Waals surface area contributed by atoms with Crippen LogP contribution in [0.25, 0.3) is 0 Å². The lowest BCUT2D eigenvalue weighted by atomic mass is 10.0. The Morgan fingerprint density at radius 3 is 2.09 bits per heavy atom. The molecule has 22 heavy (non-hydrogen) atoms. The van der Waals surface area contributed by atoms with E-state index in [0.29, 0.717) is 5.56 Å². The number of hydrogen-bond acceptors (Lipinski definition) is 7. The fraction of sp³-hybridized carbons (Fsp3) is 0.400. The van der Waals surface area contributed by atoms with Gasteiger partial charge in [-0.15, -0.1) is 0 Å². The van der Waals surface area contributed by atoms with Gasteiger partial charge in [0.25, 0.3) is 0 Å². The zero-order chi connectivity index (χ0) is 16.5. The molecule has 2 atom stereocenters. The van der Waals surface area contributed by atoms with Crippen molar-refractivity contribution in [2.75, 3.05) is 13.7 Å². The van der Waals surface area contributed by atoms with E-state index < -0.39 is 30.3 Å². The molecule has 0 N–H and O–H groups in total. The Morgan fingerprint density at radius 1 is 1.00 bits per heavy atom. The summed E-state index contributed by atoms with van der Waals surface area (Å²) >= 11 is 0. The maximum absolute atomic E-state index is 11.3. The minimum atomic E-state index is -0.983. The molecule has 0 aliphatic heterocycles. The van der Waals surface area contributed by atoms with Gasteiger partial charge in [0.2, 0.25) is 0 Å². The average molecular weight is 310 g/mol. The van der Waals surface area contributed by atoms with E-state index in [4.69, 9.17) is 14.2 Å². The van der Waals surface area contributed by atoms with E-state index >= 15 is 0 Å². The summed E-state index contributed by atoms with van der Waals surface area (Å²) in [4.78, 5) is 33.7. The molecule has 1 aromatic carbocycles. The summed E-state index contributed by atoms with van der Waals surface area (Å²) in [6, 6.07) is 8.71. The molecule has 0 bridgehead atoms. The van der Waals surface area contributed by atoms with Crippen LogP contribution in [0, 0.1) is 0 Å². The number of carbonyl (C=O) groups is 3. The van der Waals surface area contributed by atoms with Gasteiger partial charge in [-0.2, -0.15) is 0 Å². The monoisotopic (exact) mass is 310 g/mol. The maximum atomic E-state index is 11.3. The molecule has 0 spiro atoms. The molecule has 0 aliphatic rings. The third kappa shape index (κ3) is 5.82. The van der Waals surface area contributed by atoms with Gasteiger partial charge in [-0.25, -0.2) is 4.79 Å². The normalized spacial score (nSPS) is 12.7. The standard InChI is InChI=1S/C15H18O7/c1-10(16)21-13(9-20-15(18)19-3)14(22-11(2)17)12-7-5-4-6-8-12/h4-8,13-14H,9H2,1-3H3/t13-,14-/m0/s1. The van der Waals surface area contributed by atoms with Gasteiger partial charge >= 0.3 is 18.1 Å². The molecular formula is C15H18O7. The van der Waals surface area contributed by atoms with Crippen molar-refractivity contribution in [1.29, 1.82) is 0 Å². The van der Waals surface area contributed by atoms with E-state index in [9.17, 15) is 14.4 Å². The minimum Gasteiger partial charge on any atom is -0.455 e. The second kappa shape index (κ2) is 8.66. The van der Waals surface area contributed by atoms with Gasteiger partial charge in [0.1, 0.15) is 6.61 Å². The van der Waals surface area contributed by atoms with Crippen molar-refractivity contribution >= 4 is 18.1 Å². The van der Waals surface area contributed by atoms with Crippen molar-refractivity contribution in [1.82, 2.24) is 0 Å². The molecule has 0 saturated carbocycles. The van der Waals surface area contributed by atoms with Crippen LogP contribution in [0.15, 0.2) is 30.3 Å². The first kappa shape index (κ1) is 17.5. The summed E-state index contributed by atoms with van der Waals surface area (Å²) < 4.78 is 19.5. The lowest BCUT2D eigenvalue weighted by Crippen LogP contribution is -2.33. The zero-order valence-electron chi connectivity index (χ0n) is 12.6. The third-order valence-corrected chi connectivity index (χ3v) is 2.61. The number of methoxy groups -OCH3 is 1. The quantitative estimate of drug-likeness (QED) is 0.586. The second-order valence-electron chi connectivity index (χ2n) is 4.35. The molecule has 0 fully saturated rings. The SMILES string of the molecule is COC(=O)OC[C@H](OC(C)=O)[C@@H](OC(C)=O)c1ccccc1. The summed E-state index contributed by atoms with van der Waals surface area (Å²) in [6.07, 6.45) is -2.80. The lowest BCUT2D eigenvalue weighted by molar-refractivity contribution is -0.169. The van der Waals surface area contributed by atoms with Crippen LogP contribution in [0.5, 0.6) is 0 Å². The van der Waals surface area contributed by atoms with Gasteiger partial charge in [-0.05, 0) is 5.56 Å². The molecule has 0 radical (unpaired) electrons. The van der Waals surface area contributed by atoms with E-state index in [2.05, 4.69) is 4.74 Å². The van der Waals surface area contributed by atoms with Crippen LogP contribution in [0.1, 0.15) is 25.5 Å². The molecule has 120 valence electrons. The molecule has 0 aromatic heterocycles. The Balaban J connectivity index is 2.98. The fourth-order valence-electron chi connectivity index (χ4n) is 1.79. The Morgan fingerprint density at radius 2 is 1.59 bits per heavy atom. The Hall–Kier alpha value is -2.57. The molecule has 0 unspecified atom stereocenters. The predicted octanol–water partition coefficient (Wildman–Crippen LogP) is 2.01. The number of benzene rings is 1. The Labute approximate surface area is 128 Å². The van der Waals surface area contributed by atoms with Crippen molar-refractivity contribution in [2.24, 2.45) is 0 Å². The Bertz CT molecular complexity index is 512. The van der Waals surface area contributed by atoms with Gasteiger partial charge in [0.15, 0.2) is 12.2 Å². The predicted molar refractivity (Wildman–Crippen MR) is 74.9 cm³/mol. The summed E-state index contributed by atoms with van der Waals surface area (Å²) in [7, 11) is 1.16. The van der Waals surface area contributed by atoms with Crippen LogP contribution in [-0.4, -0.2) is 37.9 Å². The molecule has 1 rings (SSSR count). The van der Waals surface area contributed by atoms with E-state index in [1.807, 2.05) is 0 Å². The molecule has 0 amide bonds. The van der Waals surface area contributed by atoms with Crippen LogP contribution in [-0.2, 0) is 28.5 Å². The van der Waals surface area contributed by atoms with E-state index in [0.717, 1.165) is 7.11 Å². The number of esters is 2. The highest BCUT2D eigenvalue weighted by Crippen LogP contribution is 2.24. The fourth-order valence-corrected chi connectivity index (χ4v) is 1.79. The van der Waals surface area contributed by atoms with Crippen molar-refractivity contribution in [3.63, 3.8) is 0 Å². The van der Waals surface area contributed by atoms with Crippen molar-refractivity contribution in [3.8, 4) is 0 Å². The summed E-state index contributed by atoms with van der Waals surface area (Å²) in [5.41, 5.74) is 0.609. The molecular weight excluding hydrogens is 292 g/mol. The zero-order valence-corrected chi connectivity index (χ0v) is 12.6. The van der Waals surface area contributed by atoms with Gasteiger partial charge in [0.05, 0.1) is 7.11 Å². The van der Waals surface area contributed by atoms with Crippen molar-refractivity contribution in [3.05, 3.63) is 35.9 Å². The van der Waals surface area contributed by atoms with Crippen molar-refractivity contribution in [2.45, 2.75) is 26.1 Å². The summed E-state index contributed by atoms with van der Waals surface area (Å²) in [5, 5.41) is 0. The largest absolute Gasteiger partial charge is 0.508 e. The number of rotatable bonds is 6. The number of carbonyl (C=O) groups excluding carboxylic acids is 3. The summed E-state index contributed by atoms with van der Waals surface area (Å²) in [5.74, 6) is -1.14. The molecule has 0 saturated heterocycles. The summed E-state index contributed by atoms with van der Waals surface area (Å²) in [6.45, 7) is 2.14. The van der Waals surface area contributed by atoms with E-state index in [1.165, 1.54) is 13.8 Å². The topological polar surface area (TPSA) is 88.1 Å². The third-order valence-electron chi connectivity index (χ3n) is 2.61. The molecule has 7 heteroatoms. The smallest absolute Gasteiger partial charge is 0.455 e. The first-order valence-electron chi connectivity index (χ1n) is 6.54.